The van der Waals surface area contributed by atoms with Gasteiger partial charge >= 0.3 is 0 Å². The molecule has 0 saturated heterocycles. The van der Waals surface area contributed by atoms with Crippen LogP contribution in [0.3, 0.4) is 0 Å². The molecule has 0 aromatic rings. The van der Waals surface area contributed by atoms with Crippen LogP contribution >= 0.6 is 0 Å². The van der Waals surface area contributed by atoms with E-state index >= 15 is 0 Å². The Labute approximate surface area is 80.3 Å². The second kappa shape index (κ2) is 3.83. The fourth-order valence-corrected chi connectivity index (χ4v) is 1.35. The van der Waals surface area contributed by atoms with Gasteiger partial charge < -0.3 is 4.90 Å². The average molecular weight is 179 g/mol. The SMILES string of the molecule is CC(C)(C)C(=O)N1CCC#CCC1. The Bertz CT molecular complexity index is 239. The molecular weight excluding hydrogens is 162 g/mol. The first-order valence-electron chi connectivity index (χ1n) is 4.77. The van der Waals surface area contributed by atoms with Crippen LogP contribution in [-0.4, -0.2) is 23.9 Å². The van der Waals surface area contributed by atoms with Crippen LogP contribution in [-0.2, 0) is 4.79 Å². The van der Waals surface area contributed by atoms with Gasteiger partial charge in [-0.15, -0.1) is 11.8 Å². The Kier molecular flexibility index (Phi) is 2.98. The van der Waals surface area contributed by atoms with E-state index in [4.69, 9.17) is 0 Å². The van der Waals surface area contributed by atoms with E-state index in [0.29, 0.717) is 0 Å². The van der Waals surface area contributed by atoms with Gasteiger partial charge in [0.05, 0.1) is 0 Å². The summed E-state index contributed by atoms with van der Waals surface area (Å²) in [6.45, 7) is 7.47. The van der Waals surface area contributed by atoms with Gasteiger partial charge in [-0.3, -0.25) is 4.79 Å². The normalized spacial score (nSPS) is 17.3. The van der Waals surface area contributed by atoms with Gasteiger partial charge in [-0.2, -0.15) is 0 Å². The van der Waals surface area contributed by atoms with Crippen molar-refractivity contribution in [1.29, 1.82) is 0 Å². The fourth-order valence-electron chi connectivity index (χ4n) is 1.35. The first-order valence-corrected chi connectivity index (χ1v) is 4.77. The Balaban J connectivity index is 2.58. The molecule has 0 saturated carbocycles. The largest absolute Gasteiger partial charge is 0.340 e. The van der Waals surface area contributed by atoms with Crippen molar-refractivity contribution >= 4 is 5.91 Å². The summed E-state index contributed by atoms with van der Waals surface area (Å²) >= 11 is 0. The van der Waals surface area contributed by atoms with Crippen molar-refractivity contribution in [2.24, 2.45) is 5.41 Å². The molecule has 0 aromatic heterocycles. The molecule has 0 unspecified atom stereocenters. The minimum Gasteiger partial charge on any atom is -0.340 e. The minimum atomic E-state index is -0.260. The molecule has 0 radical (unpaired) electrons. The molecule has 0 aromatic carbocycles. The lowest BCUT2D eigenvalue weighted by molar-refractivity contribution is -0.139. The van der Waals surface area contributed by atoms with E-state index in [1.54, 1.807) is 0 Å². The monoisotopic (exact) mass is 179 g/mol. The molecule has 0 atom stereocenters. The summed E-state index contributed by atoms with van der Waals surface area (Å²) in [6.07, 6.45) is 1.64. The second-order valence-electron chi connectivity index (χ2n) is 4.40. The van der Waals surface area contributed by atoms with E-state index in [0.717, 1.165) is 25.9 Å². The van der Waals surface area contributed by atoms with E-state index in [2.05, 4.69) is 11.8 Å². The molecular formula is C11H17NO. The Morgan fingerprint density at radius 1 is 1.15 bits per heavy atom. The van der Waals surface area contributed by atoms with Crippen LogP contribution in [0.15, 0.2) is 0 Å². The second-order valence-corrected chi connectivity index (χ2v) is 4.40. The molecule has 2 heteroatoms. The van der Waals surface area contributed by atoms with Crippen LogP contribution in [0, 0.1) is 17.3 Å². The van der Waals surface area contributed by atoms with Crippen molar-refractivity contribution in [2.75, 3.05) is 13.1 Å². The van der Waals surface area contributed by atoms with Crippen LogP contribution in [0.5, 0.6) is 0 Å². The van der Waals surface area contributed by atoms with Crippen molar-refractivity contribution in [2.45, 2.75) is 33.6 Å². The molecule has 0 spiro atoms. The Hall–Kier alpha value is -0.970. The summed E-state index contributed by atoms with van der Waals surface area (Å²) in [4.78, 5) is 13.8. The standard InChI is InChI=1S/C11H17NO/c1-11(2,3)10(13)12-8-6-4-5-7-9-12/h6-9H2,1-3H3. The molecule has 1 aliphatic rings. The van der Waals surface area contributed by atoms with Gasteiger partial charge in [-0.25, -0.2) is 0 Å². The van der Waals surface area contributed by atoms with Crippen molar-refractivity contribution in [3.63, 3.8) is 0 Å². The molecule has 1 aliphatic heterocycles. The number of amides is 1. The number of hydrogen-bond donors (Lipinski definition) is 0. The highest BCUT2D eigenvalue weighted by molar-refractivity contribution is 5.81. The number of nitrogens with zero attached hydrogens (tertiary/aromatic N) is 1. The van der Waals surface area contributed by atoms with Crippen molar-refractivity contribution < 1.29 is 4.79 Å². The highest BCUT2D eigenvalue weighted by atomic mass is 16.2. The number of carbonyl (C=O) groups is 1. The smallest absolute Gasteiger partial charge is 0.228 e. The van der Waals surface area contributed by atoms with Crippen molar-refractivity contribution in [3.05, 3.63) is 0 Å². The Morgan fingerprint density at radius 2 is 1.62 bits per heavy atom. The topological polar surface area (TPSA) is 20.3 Å². The van der Waals surface area contributed by atoms with Gasteiger partial charge in [-0.1, -0.05) is 20.8 Å². The van der Waals surface area contributed by atoms with Gasteiger partial charge in [-0.05, 0) is 0 Å². The molecule has 0 bridgehead atoms. The van der Waals surface area contributed by atoms with E-state index in [1.165, 1.54) is 0 Å². The number of rotatable bonds is 0. The summed E-state index contributed by atoms with van der Waals surface area (Å²) in [7, 11) is 0. The molecule has 0 fully saturated rings. The average Bonchev–Trinajstić information content (AvgIpc) is 2.28. The first-order chi connectivity index (χ1) is 6.02. The highest BCUT2D eigenvalue weighted by Gasteiger charge is 2.26. The van der Waals surface area contributed by atoms with Gasteiger partial charge in [0.2, 0.25) is 5.91 Å². The van der Waals surface area contributed by atoms with Gasteiger partial charge in [0, 0.05) is 31.3 Å². The van der Waals surface area contributed by atoms with Crippen LogP contribution in [0.25, 0.3) is 0 Å². The Morgan fingerprint density at radius 3 is 2.00 bits per heavy atom. The van der Waals surface area contributed by atoms with Crippen LogP contribution < -0.4 is 0 Å². The lowest BCUT2D eigenvalue weighted by Crippen LogP contribution is -2.40. The maximum Gasteiger partial charge on any atom is 0.228 e. The van der Waals surface area contributed by atoms with E-state index in [1.807, 2.05) is 25.7 Å². The molecule has 1 rings (SSSR count). The molecule has 0 aliphatic carbocycles. The lowest BCUT2D eigenvalue weighted by atomic mass is 9.94. The molecule has 72 valence electrons. The summed E-state index contributed by atoms with van der Waals surface area (Å²) in [5, 5.41) is 0. The maximum atomic E-state index is 11.8. The van der Waals surface area contributed by atoms with Gasteiger partial charge in [0.1, 0.15) is 0 Å². The molecule has 13 heavy (non-hydrogen) atoms. The maximum absolute atomic E-state index is 11.8. The molecule has 0 N–H and O–H groups in total. The zero-order valence-corrected chi connectivity index (χ0v) is 8.68. The van der Waals surface area contributed by atoms with Crippen LogP contribution in [0.2, 0.25) is 0 Å². The summed E-state index contributed by atoms with van der Waals surface area (Å²) < 4.78 is 0. The number of hydrogen-bond acceptors (Lipinski definition) is 1. The minimum absolute atomic E-state index is 0.234. The zero-order chi connectivity index (χ0) is 9.90. The van der Waals surface area contributed by atoms with E-state index in [-0.39, 0.29) is 11.3 Å². The third-order valence-electron chi connectivity index (χ3n) is 2.07. The predicted octanol–water partition coefficient (Wildman–Crippen LogP) is 1.66. The predicted molar refractivity (Wildman–Crippen MR) is 53.0 cm³/mol. The van der Waals surface area contributed by atoms with Crippen molar-refractivity contribution in [3.8, 4) is 11.8 Å². The third kappa shape index (κ3) is 2.77. The first kappa shape index (κ1) is 10.1. The summed E-state index contributed by atoms with van der Waals surface area (Å²) in [6, 6.07) is 0. The van der Waals surface area contributed by atoms with Crippen LogP contribution in [0.4, 0.5) is 0 Å². The van der Waals surface area contributed by atoms with Crippen molar-refractivity contribution in [1.82, 2.24) is 4.90 Å². The highest BCUT2D eigenvalue weighted by Crippen LogP contribution is 2.18. The number of carbonyl (C=O) groups excluding carboxylic acids is 1. The molecule has 1 heterocycles. The van der Waals surface area contributed by atoms with Gasteiger partial charge in [0.15, 0.2) is 0 Å². The summed E-state index contributed by atoms with van der Waals surface area (Å²) in [5.41, 5.74) is -0.260. The lowest BCUT2D eigenvalue weighted by Gasteiger charge is -2.27. The molecule has 2 nitrogen and oxygen atoms in total. The zero-order valence-electron chi connectivity index (χ0n) is 8.68. The quantitative estimate of drug-likeness (QED) is 0.518. The van der Waals surface area contributed by atoms with Gasteiger partial charge in [0.25, 0.3) is 0 Å². The molecule has 1 amide bonds. The van der Waals surface area contributed by atoms with Crippen LogP contribution in [0.1, 0.15) is 33.6 Å². The van der Waals surface area contributed by atoms with E-state index < -0.39 is 0 Å². The fraction of sp³-hybridized carbons (Fsp3) is 0.727. The third-order valence-corrected chi connectivity index (χ3v) is 2.07. The van der Waals surface area contributed by atoms with E-state index in [9.17, 15) is 4.79 Å². The summed E-state index contributed by atoms with van der Waals surface area (Å²) in [5.74, 6) is 6.31.